The van der Waals surface area contributed by atoms with Crippen molar-refractivity contribution < 1.29 is 4.74 Å². The van der Waals surface area contributed by atoms with Crippen molar-refractivity contribution in [1.29, 1.82) is 0 Å². The van der Waals surface area contributed by atoms with E-state index in [0.717, 1.165) is 5.75 Å². The Morgan fingerprint density at radius 3 is 2.94 bits per heavy atom. The molecule has 1 atom stereocenters. The molecule has 1 aliphatic carbocycles. The monoisotopic (exact) mass is 244 g/mol. The molecule has 0 saturated carbocycles. The molecule has 3 heteroatoms. The van der Waals surface area contributed by atoms with E-state index in [2.05, 4.69) is 36.1 Å². The zero-order chi connectivity index (χ0) is 12.7. The summed E-state index contributed by atoms with van der Waals surface area (Å²) >= 11 is 0. The minimum absolute atomic E-state index is 0.483. The molecule has 3 rings (SSSR count). The fraction of sp³-hybridized carbons (Fsp3) is 0.467. The Bertz CT molecular complexity index is 586. The number of nitrogens with zero attached hydrogens (tertiary/aromatic N) is 1. The van der Waals surface area contributed by atoms with Crippen LogP contribution in [0.25, 0.3) is 10.9 Å². The molecule has 0 radical (unpaired) electrons. The maximum atomic E-state index is 5.35. The van der Waals surface area contributed by atoms with Gasteiger partial charge in [0.2, 0.25) is 0 Å². The zero-order valence-electron chi connectivity index (χ0n) is 11.3. The van der Waals surface area contributed by atoms with Crippen molar-refractivity contribution in [1.82, 2.24) is 9.88 Å². The van der Waals surface area contributed by atoms with Crippen LogP contribution in [-0.4, -0.2) is 18.7 Å². The number of methoxy groups -OCH3 is 1. The van der Waals surface area contributed by atoms with Crippen LogP contribution in [0.4, 0.5) is 0 Å². The summed E-state index contributed by atoms with van der Waals surface area (Å²) in [6.45, 7) is 0. The molecular weight excluding hydrogens is 224 g/mol. The first-order valence-electron chi connectivity index (χ1n) is 6.58. The van der Waals surface area contributed by atoms with E-state index in [1.54, 1.807) is 7.11 Å². The van der Waals surface area contributed by atoms with Crippen molar-refractivity contribution in [2.45, 2.75) is 25.3 Å². The molecular formula is C15H20N2O. The minimum atomic E-state index is 0.483. The van der Waals surface area contributed by atoms with Gasteiger partial charge in [0.25, 0.3) is 0 Å². The number of nitrogens with one attached hydrogen (secondary N) is 1. The van der Waals surface area contributed by atoms with Gasteiger partial charge in [-0.15, -0.1) is 0 Å². The summed E-state index contributed by atoms with van der Waals surface area (Å²) in [5.74, 6) is 0.947. The second-order valence-corrected chi connectivity index (χ2v) is 5.04. The first kappa shape index (κ1) is 11.6. The lowest BCUT2D eigenvalue weighted by Crippen LogP contribution is -2.23. The number of aromatic nitrogens is 1. The van der Waals surface area contributed by atoms with Gasteiger partial charge in [0, 0.05) is 29.7 Å². The summed E-state index contributed by atoms with van der Waals surface area (Å²) in [7, 11) is 5.95. The highest BCUT2D eigenvalue weighted by Crippen LogP contribution is 2.37. The van der Waals surface area contributed by atoms with Crippen LogP contribution in [0.3, 0.4) is 0 Å². The van der Waals surface area contributed by atoms with Gasteiger partial charge in [-0.25, -0.2) is 0 Å². The smallest absolute Gasteiger partial charge is 0.119 e. The molecule has 0 bridgehead atoms. The Morgan fingerprint density at radius 2 is 2.22 bits per heavy atom. The van der Waals surface area contributed by atoms with Crippen molar-refractivity contribution in [2.24, 2.45) is 7.05 Å². The van der Waals surface area contributed by atoms with Gasteiger partial charge < -0.3 is 14.6 Å². The molecule has 0 spiro atoms. The molecule has 1 aromatic carbocycles. The van der Waals surface area contributed by atoms with Crippen LogP contribution >= 0.6 is 0 Å². The third-order valence-electron chi connectivity index (χ3n) is 4.16. The Hall–Kier alpha value is -1.48. The first-order valence-corrected chi connectivity index (χ1v) is 6.58. The highest BCUT2D eigenvalue weighted by Gasteiger charge is 2.25. The van der Waals surface area contributed by atoms with Crippen molar-refractivity contribution in [3.05, 3.63) is 29.5 Å². The molecule has 0 aliphatic heterocycles. The van der Waals surface area contributed by atoms with E-state index >= 15 is 0 Å². The zero-order valence-corrected chi connectivity index (χ0v) is 11.3. The number of ether oxygens (including phenoxy) is 1. The number of fused-ring (bicyclic) bond motifs is 3. The highest BCUT2D eigenvalue weighted by molar-refractivity contribution is 5.87. The number of aryl methyl sites for hydroxylation is 2. The number of hydrogen-bond donors (Lipinski definition) is 1. The third-order valence-corrected chi connectivity index (χ3v) is 4.16. The summed E-state index contributed by atoms with van der Waals surface area (Å²) in [5.41, 5.74) is 4.26. The van der Waals surface area contributed by atoms with Gasteiger partial charge in [0.1, 0.15) is 5.75 Å². The SMILES string of the molecule is CNC1CCCc2c1n(C)c1ccc(OC)cc21. The molecule has 1 N–H and O–H groups in total. The normalized spacial score (nSPS) is 18.9. The van der Waals surface area contributed by atoms with Crippen molar-refractivity contribution in [3.63, 3.8) is 0 Å². The Morgan fingerprint density at radius 1 is 1.39 bits per heavy atom. The molecule has 3 nitrogen and oxygen atoms in total. The van der Waals surface area contributed by atoms with Crippen molar-refractivity contribution >= 4 is 10.9 Å². The van der Waals surface area contributed by atoms with Gasteiger partial charge in [-0.05, 0) is 50.1 Å². The van der Waals surface area contributed by atoms with Crippen molar-refractivity contribution in [2.75, 3.05) is 14.2 Å². The predicted molar refractivity (Wildman–Crippen MR) is 74.2 cm³/mol. The fourth-order valence-corrected chi connectivity index (χ4v) is 3.25. The first-order chi connectivity index (χ1) is 8.76. The number of benzene rings is 1. The fourth-order valence-electron chi connectivity index (χ4n) is 3.25. The molecule has 1 unspecified atom stereocenters. The quantitative estimate of drug-likeness (QED) is 0.879. The molecule has 2 aromatic rings. The van der Waals surface area contributed by atoms with Gasteiger partial charge in [0.05, 0.1) is 7.11 Å². The van der Waals surface area contributed by atoms with E-state index < -0.39 is 0 Å². The lowest BCUT2D eigenvalue weighted by molar-refractivity contribution is 0.415. The lowest BCUT2D eigenvalue weighted by atomic mass is 9.91. The Labute approximate surface area is 108 Å². The van der Waals surface area contributed by atoms with Gasteiger partial charge in [-0.2, -0.15) is 0 Å². The second kappa shape index (κ2) is 4.32. The molecule has 1 heterocycles. The van der Waals surface area contributed by atoms with Crippen LogP contribution in [-0.2, 0) is 13.5 Å². The van der Waals surface area contributed by atoms with E-state index in [1.165, 1.54) is 41.4 Å². The summed E-state index contributed by atoms with van der Waals surface area (Å²) in [6, 6.07) is 6.87. The van der Waals surface area contributed by atoms with Gasteiger partial charge in [0.15, 0.2) is 0 Å². The predicted octanol–water partition coefficient (Wildman–Crippen LogP) is 2.78. The summed E-state index contributed by atoms with van der Waals surface area (Å²) in [6.07, 6.45) is 3.66. The van der Waals surface area contributed by atoms with Gasteiger partial charge in [-0.3, -0.25) is 0 Å². The van der Waals surface area contributed by atoms with E-state index in [4.69, 9.17) is 4.74 Å². The number of hydrogen-bond acceptors (Lipinski definition) is 2. The molecule has 1 aliphatic rings. The highest BCUT2D eigenvalue weighted by atomic mass is 16.5. The van der Waals surface area contributed by atoms with Crippen molar-refractivity contribution in [3.8, 4) is 5.75 Å². The molecule has 0 amide bonds. The topological polar surface area (TPSA) is 26.2 Å². The maximum absolute atomic E-state index is 5.35. The summed E-state index contributed by atoms with van der Waals surface area (Å²) in [5, 5.41) is 4.79. The number of rotatable bonds is 2. The van der Waals surface area contributed by atoms with Gasteiger partial charge >= 0.3 is 0 Å². The third kappa shape index (κ3) is 1.54. The minimum Gasteiger partial charge on any atom is -0.497 e. The molecule has 0 saturated heterocycles. The van der Waals surface area contributed by atoms with Crippen LogP contribution in [0.1, 0.15) is 30.1 Å². The lowest BCUT2D eigenvalue weighted by Gasteiger charge is -2.24. The Balaban J connectivity index is 2.28. The summed E-state index contributed by atoms with van der Waals surface area (Å²) in [4.78, 5) is 0. The van der Waals surface area contributed by atoms with E-state index in [9.17, 15) is 0 Å². The largest absolute Gasteiger partial charge is 0.497 e. The average Bonchev–Trinajstić information content (AvgIpc) is 2.72. The second-order valence-electron chi connectivity index (χ2n) is 5.04. The van der Waals surface area contributed by atoms with Crippen LogP contribution in [0.2, 0.25) is 0 Å². The summed E-state index contributed by atoms with van der Waals surface area (Å²) < 4.78 is 7.69. The van der Waals surface area contributed by atoms with Crippen LogP contribution in [0, 0.1) is 0 Å². The molecule has 0 fully saturated rings. The molecule has 96 valence electrons. The van der Waals surface area contributed by atoms with Crippen LogP contribution in [0.15, 0.2) is 18.2 Å². The average molecular weight is 244 g/mol. The van der Waals surface area contributed by atoms with Gasteiger partial charge in [-0.1, -0.05) is 0 Å². The molecule has 1 aromatic heterocycles. The standard InChI is InChI=1S/C15H20N2O/c1-16-13-6-4-5-11-12-9-10(18-3)7-8-14(12)17(2)15(11)13/h7-9,13,16H,4-6H2,1-3H3. The van der Waals surface area contributed by atoms with E-state index in [-0.39, 0.29) is 0 Å². The van der Waals surface area contributed by atoms with E-state index in [1.807, 2.05) is 6.07 Å². The van der Waals surface area contributed by atoms with Crippen LogP contribution < -0.4 is 10.1 Å². The van der Waals surface area contributed by atoms with Crippen LogP contribution in [0.5, 0.6) is 5.75 Å². The Kier molecular flexibility index (Phi) is 2.78. The van der Waals surface area contributed by atoms with E-state index in [0.29, 0.717) is 6.04 Å². The molecule has 18 heavy (non-hydrogen) atoms. The maximum Gasteiger partial charge on any atom is 0.119 e.